The second-order valence-corrected chi connectivity index (χ2v) is 4.81. The zero-order valence-corrected chi connectivity index (χ0v) is 11.5. The molecule has 1 amide bonds. The highest BCUT2D eigenvalue weighted by molar-refractivity contribution is 7.12. The van der Waals surface area contributed by atoms with Gasteiger partial charge >= 0.3 is 5.97 Å². The van der Waals surface area contributed by atoms with Gasteiger partial charge < -0.3 is 15.2 Å². The fraction of sp³-hybridized carbons (Fsp3) is 0.500. The predicted molar refractivity (Wildman–Crippen MR) is 69.3 cm³/mol. The van der Waals surface area contributed by atoms with Crippen LogP contribution in [0.15, 0.2) is 11.4 Å². The lowest BCUT2D eigenvalue weighted by Gasteiger charge is -2.27. The number of amides is 1. The van der Waals surface area contributed by atoms with Gasteiger partial charge in [0.15, 0.2) is 0 Å². The first-order valence-corrected chi connectivity index (χ1v) is 6.55. The Morgan fingerprint density at radius 3 is 2.44 bits per heavy atom. The third-order valence-electron chi connectivity index (χ3n) is 3.00. The van der Waals surface area contributed by atoms with Crippen LogP contribution in [0.4, 0.5) is 0 Å². The van der Waals surface area contributed by atoms with E-state index in [-0.39, 0.29) is 5.91 Å². The molecule has 0 bridgehead atoms. The van der Waals surface area contributed by atoms with Crippen LogP contribution in [-0.4, -0.2) is 29.6 Å². The van der Waals surface area contributed by atoms with Crippen molar-refractivity contribution < 1.29 is 19.4 Å². The lowest BCUT2D eigenvalue weighted by Crippen LogP contribution is -2.53. The summed E-state index contributed by atoms with van der Waals surface area (Å²) < 4.78 is 4.99. The summed E-state index contributed by atoms with van der Waals surface area (Å²) in [5.41, 5.74) is -1.20. The normalized spacial score (nSPS) is 11.1. The third kappa shape index (κ3) is 2.81. The van der Waals surface area contributed by atoms with Crippen LogP contribution in [0.1, 0.15) is 36.4 Å². The number of carboxylic acids is 1. The van der Waals surface area contributed by atoms with Crippen molar-refractivity contribution in [2.75, 3.05) is 7.11 Å². The highest BCUT2D eigenvalue weighted by Gasteiger charge is 2.36. The molecule has 5 nitrogen and oxygen atoms in total. The van der Waals surface area contributed by atoms with Gasteiger partial charge in [0.2, 0.25) is 0 Å². The molecule has 0 aliphatic carbocycles. The van der Waals surface area contributed by atoms with Gasteiger partial charge in [0.1, 0.15) is 11.3 Å². The number of rotatable bonds is 6. The van der Waals surface area contributed by atoms with Gasteiger partial charge in [-0.2, -0.15) is 0 Å². The number of nitrogens with one attached hydrogen (secondary N) is 1. The molecule has 6 heteroatoms. The molecule has 1 heterocycles. The standard InChI is InChI=1S/C12H17NO4S/c1-4-12(5-2,11(15)16)13-10(14)9-6-8(17-3)7-18-9/h6-7H,4-5H2,1-3H3,(H,13,14)(H,15,16). The molecule has 0 fully saturated rings. The Bertz CT molecular complexity index is 437. The Morgan fingerprint density at radius 2 is 2.06 bits per heavy atom. The lowest BCUT2D eigenvalue weighted by atomic mass is 9.93. The molecule has 18 heavy (non-hydrogen) atoms. The van der Waals surface area contributed by atoms with Crippen LogP contribution < -0.4 is 10.1 Å². The maximum absolute atomic E-state index is 12.0. The maximum atomic E-state index is 12.0. The Kier molecular flexibility index (Phi) is 4.72. The molecule has 0 radical (unpaired) electrons. The minimum Gasteiger partial charge on any atom is -0.496 e. The smallest absolute Gasteiger partial charge is 0.329 e. The van der Waals surface area contributed by atoms with E-state index in [4.69, 9.17) is 4.74 Å². The van der Waals surface area contributed by atoms with Crippen molar-refractivity contribution >= 4 is 23.2 Å². The summed E-state index contributed by atoms with van der Waals surface area (Å²) >= 11 is 1.23. The molecule has 0 saturated heterocycles. The van der Waals surface area contributed by atoms with Gasteiger partial charge in [-0.15, -0.1) is 11.3 Å². The molecule has 1 rings (SSSR count). The first-order chi connectivity index (χ1) is 8.49. The number of hydrogen-bond acceptors (Lipinski definition) is 4. The first-order valence-electron chi connectivity index (χ1n) is 5.67. The zero-order chi connectivity index (χ0) is 13.8. The molecule has 0 aliphatic rings. The number of carbonyl (C=O) groups is 2. The summed E-state index contributed by atoms with van der Waals surface area (Å²) in [6.45, 7) is 3.49. The van der Waals surface area contributed by atoms with E-state index in [9.17, 15) is 14.7 Å². The number of thiophene rings is 1. The summed E-state index contributed by atoms with van der Waals surface area (Å²) in [6.07, 6.45) is 0.681. The number of carbonyl (C=O) groups excluding carboxylic acids is 1. The molecule has 0 atom stereocenters. The van der Waals surface area contributed by atoms with Crippen molar-refractivity contribution in [2.24, 2.45) is 0 Å². The number of aliphatic carboxylic acids is 1. The van der Waals surface area contributed by atoms with Crippen molar-refractivity contribution in [3.05, 3.63) is 16.3 Å². The average Bonchev–Trinajstić information content (AvgIpc) is 2.84. The third-order valence-corrected chi connectivity index (χ3v) is 3.91. The number of ether oxygens (including phenoxy) is 1. The zero-order valence-electron chi connectivity index (χ0n) is 10.6. The average molecular weight is 271 g/mol. The van der Waals surface area contributed by atoms with Gasteiger partial charge in [-0.3, -0.25) is 4.79 Å². The number of hydrogen-bond donors (Lipinski definition) is 2. The van der Waals surface area contributed by atoms with E-state index in [0.29, 0.717) is 23.5 Å². The van der Waals surface area contributed by atoms with Crippen LogP contribution in [0.2, 0.25) is 0 Å². The van der Waals surface area contributed by atoms with Gasteiger partial charge in [0.25, 0.3) is 5.91 Å². The molecule has 1 aromatic rings. The minimum atomic E-state index is -1.20. The molecule has 0 aromatic carbocycles. The lowest BCUT2D eigenvalue weighted by molar-refractivity contribution is -0.144. The van der Waals surface area contributed by atoms with E-state index in [1.54, 1.807) is 25.3 Å². The Morgan fingerprint density at radius 1 is 1.44 bits per heavy atom. The van der Waals surface area contributed by atoms with Gasteiger partial charge in [0.05, 0.1) is 12.0 Å². The highest BCUT2D eigenvalue weighted by Crippen LogP contribution is 2.23. The molecule has 0 spiro atoms. The summed E-state index contributed by atoms with van der Waals surface area (Å²) in [5.74, 6) is -0.794. The topological polar surface area (TPSA) is 75.6 Å². The largest absolute Gasteiger partial charge is 0.496 e. The Hall–Kier alpha value is -1.56. The van der Waals surface area contributed by atoms with Crippen LogP contribution in [-0.2, 0) is 4.79 Å². The van der Waals surface area contributed by atoms with E-state index in [0.717, 1.165) is 0 Å². The molecule has 0 aliphatic heterocycles. The second-order valence-electron chi connectivity index (χ2n) is 3.90. The van der Waals surface area contributed by atoms with Gasteiger partial charge in [-0.25, -0.2) is 4.79 Å². The SMILES string of the molecule is CCC(CC)(NC(=O)c1cc(OC)cs1)C(=O)O. The molecule has 1 aromatic heterocycles. The van der Waals surface area contributed by atoms with Crippen molar-refractivity contribution in [1.29, 1.82) is 0 Å². The van der Waals surface area contributed by atoms with E-state index in [2.05, 4.69) is 5.32 Å². The second kappa shape index (κ2) is 5.86. The Balaban J connectivity index is 2.88. The van der Waals surface area contributed by atoms with Crippen LogP contribution in [0, 0.1) is 0 Å². The highest BCUT2D eigenvalue weighted by atomic mass is 32.1. The van der Waals surface area contributed by atoms with E-state index < -0.39 is 11.5 Å². The maximum Gasteiger partial charge on any atom is 0.329 e. The van der Waals surface area contributed by atoms with Crippen molar-refractivity contribution in [3.63, 3.8) is 0 Å². The van der Waals surface area contributed by atoms with Gasteiger partial charge in [-0.1, -0.05) is 13.8 Å². The van der Waals surface area contributed by atoms with Crippen LogP contribution in [0.5, 0.6) is 5.75 Å². The predicted octanol–water partition coefficient (Wildman–Crippen LogP) is 2.13. The summed E-state index contributed by atoms with van der Waals surface area (Å²) in [4.78, 5) is 23.7. The van der Waals surface area contributed by atoms with Crippen LogP contribution in [0.3, 0.4) is 0 Å². The quantitative estimate of drug-likeness (QED) is 0.831. The fourth-order valence-electron chi connectivity index (χ4n) is 1.61. The van der Waals surface area contributed by atoms with Crippen molar-refractivity contribution in [3.8, 4) is 5.75 Å². The molecule has 100 valence electrons. The van der Waals surface area contributed by atoms with E-state index in [1.165, 1.54) is 18.4 Å². The number of carboxylic acid groups (broad SMARTS) is 1. The molecule has 0 unspecified atom stereocenters. The molecule has 2 N–H and O–H groups in total. The van der Waals surface area contributed by atoms with Crippen LogP contribution in [0.25, 0.3) is 0 Å². The minimum absolute atomic E-state index is 0.340. The van der Waals surface area contributed by atoms with Crippen molar-refractivity contribution in [1.82, 2.24) is 5.32 Å². The molecule has 0 saturated carbocycles. The first kappa shape index (κ1) is 14.5. The number of methoxy groups -OCH3 is 1. The Labute approximate surface area is 110 Å². The summed E-state index contributed by atoms with van der Waals surface area (Å²) in [7, 11) is 1.52. The van der Waals surface area contributed by atoms with Gasteiger partial charge in [0, 0.05) is 11.4 Å². The monoisotopic (exact) mass is 271 g/mol. The molecular weight excluding hydrogens is 254 g/mol. The van der Waals surface area contributed by atoms with Crippen LogP contribution >= 0.6 is 11.3 Å². The van der Waals surface area contributed by atoms with E-state index in [1.807, 2.05) is 0 Å². The summed E-state index contributed by atoms with van der Waals surface area (Å²) in [6, 6.07) is 1.60. The fourth-order valence-corrected chi connectivity index (χ4v) is 2.36. The van der Waals surface area contributed by atoms with Crippen molar-refractivity contribution in [2.45, 2.75) is 32.2 Å². The van der Waals surface area contributed by atoms with Gasteiger partial charge in [-0.05, 0) is 12.8 Å². The van der Waals surface area contributed by atoms with E-state index >= 15 is 0 Å². The summed E-state index contributed by atoms with van der Waals surface area (Å²) in [5, 5.41) is 13.5. The molecular formula is C12H17NO4S.